The van der Waals surface area contributed by atoms with E-state index in [2.05, 4.69) is 63.7 Å². The first kappa shape index (κ1) is 17.3. The molecule has 1 aliphatic rings. The lowest BCUT2D eigenvalue weighted by atomic mass is 10.1. The van der Waals surface area contributed by atoms with E-state index in [0.29, 0.717) is 20.9 Å². The third-order valence-electron chi connectivity index (χ3n) is 2.49. The first-order valence-corrected chi connectivity index (χ1v) is 9.76. The van der Waals surface area contributed by atoms with Crippen LogP contribution in [0.15, 0.2) is 0 Å². The van der Waals surface area contributed by atoms with Gasteiger partial charge in [0.2, 0.25) is 0 Å². The van der Waals surface area contributed by atoms with Gasteiger partial charge in [-0.2, -0.15) is 0 Å². The molecule has 0 saturated carbocycles. The zero-order valence-corrected chi connectivity index (χ0v) is 17.9. The minimum Gasteiger partial charge on any atom is -0.465 e. The van der Waals surface area contributed by atoms with E-state index < -0.39 is 17.1 Å². The summed E-state index contributed by atoms with van der Waals surface area (Å²) >= 11 is 16.5. The second-order valence-electron chi connectivity index (χ2n) is 3.63. The summed E-state index contributed by atoms with van der Waals surface area (Å²) in [5.41, 5.74) is 1.29. The average Bonchev–Trinajstić information content (AvgIpc) is 2.84. The van der Waals surface area contributed by atoms with Gasteiger partial charge in [-0.15, -0.1) is 11.3 Å². The van der Waals surface area contributed by atoms with Crippen LogP contribution in [0.1, 0.15) is 30.5 Å². The summed E-state index contributed by atoms with van der Waals surface area (Å²) in [4.78, 5) is 24.6. The van der Waals surface area contributed by atoms with Crippen LogP contribution in [0.2, 0.25) is 0 Å². The number of carbonyl (C=O) groups is 2. The Morgan fingerprint density at radius 3 is 1.55 bits per heavy atom. The molecule has 2 rings (SSSR count). The highest BCUT2D eigenvalue weighted by Crippen LogP contribution is 2.72. The maximum absolute atomic E-state index is 12.0. The molecule has 0 N–H and O–H groups in total. The van der Waals surface area contributed by atoms with Gasteiger partial charge in [-0.25, -0.2) is 9.59 Å². The molecule has 10 heteroatoms. The van der Waals surface area contributed by atoms with E-state index in [-0.39, 0.29) is 0 Å². The van der Waals surface area contributed by atoms with Crippen molar-refractivity contribution >= 4 is 98.8 Å². The van der Waals surface area contributed by atoms with Crippen molar-refractivity contribution in [2.75, 3.05) is 14.2 Å². The number of hydrogen-bond acceptors (Lipinski definition) is 6. The third-order valence-corrected chi connectivity index (χ3v) is 8.09. The zero-order valence-electron chi connectivity index (χ0n) is 9.96. The zero-order chi connectivity index (χ0) is 15.3. The molecule has 110 valence electrons. The van der Waals surface area contributed by atoms with Crippen LogP contribution in [0.3, 0.4) is 0 Å². The van der Waals surface area contributed by atoms with Crippen LogP contribution in [0, 0.1) is 0 Å². The van der Waals surface area contributed by atoms with Gasteiger partial charge in [0.25, 0.3) is 0 Å². The Morgan fingerprint density at radius 2 is 1.25 bits per heavy atom. The lowest BCUT2D eigenvalue weighted by molar-refractivity contribution is 0.0598. The van der Waals surface area contributed by atoms with Crippen molar-refractivity contribution in [2.45, 2.75) is 5.13 Å². The first-order chi connectivity index (χ1) is 9.15. The Kier molecular flexibility index (Phi) is 5.04. The highest BCUT2D eigenvalue weighted by atomic mass is 79.9. The first-order valence-electron chi connectivity index (χ1n) is 4.96. The van der Waals surface area contributed by atoms with Crippen LogP contribution in [0.5, 0.6) is 0 Å². The van der Waals surface area contributed by atoms with Gasteiger partial charge < -0.3 is 9.47 Å². The van der Waals surface area contributed by atoms with E-state index in [4.69, 9.17) is 9.47 Å². The summed E-state index contributed by atoms with van der Waals surface area (Å²) in [6, 6.07) is 0. The van der Waals surface area contributed by atoms with E-state index in [0.717, 1.165) is 11.3 Å². The van der Waals surface area contributed by atoms with Gasteiger partial charge in [0.1, 0.15) is 9.75 Å². The Balaban J connectivity index is 2.78. The monoisotopic (exact) mass is 570 g/mol. The fraction of sp³-hybridized carbons (Fsp3) is 0.400. The van der Waals surface area contributed by atoms with E-state index >= 15 is 0 Å². The summed E-state index contributed by atoms with van der Waals surface area (Å²) in [6.07, 6.45) is 0. The number of carbonyl (C=O) groups excluding carboxylic acids is 2. The number of alkyl halides is 4. The molecule has 0 aliphatic carbocycles. The van der Waals surface area contributed by atoms with Crippen LogP contribution >= 0.6 is 86.8 Å². The van der Waals surface area contributed by atoms with E-state index in [1.165, 1.54) is 26.0 Å². The molecule has 4 nitrogen and oxygen atoms in total. The standard InChI is InChI=1S/C10H6Br4O4S2/c1-17-7(15)5-3-4(6(19-5)8(16)18-2)10(13,14)20-9(3,11)12/h1-2H3. The van der Waals surface area contributed by atoms with Gasteiger partial charge in [-0.1, -0.05) is 75.5 Å². The van der Waals surface area contributed by atoms with Crippen LogP contribution in [0.25, 0.3) is 0 Å². The number of rotatable bonds is 2. The molecule has 0 aromatic carbocycles. The van der Waals surface area contributed by atoms with Crippen molar-refractivity contribution in [1.29, 1.82) is 0 Å². The molecule has 0 atom stereocenters. The molecular weight excluding hydrogens is 568 g/mol. The highest BCUT2D eigenvalue weighted by molar-refractivity contribution is 9.31. The summed E-state index contributed by atoms with van der Waals surface area (Å²) in [7, 11) is 2.60. The molecule has 0 spiro atoms. The highest BCUT2D eigenvalue weighted by Gasteiger charge is 2.54. The molecule has 0 bridgehead atoms. The van der Waals surface area contributed by atoms with Crippen LogP contribution in [0.4, 0.5) is 0 Å². The van der Waals surface area contributed by atoms with Crippen molar-refractivity contribution in [3.05, 3.63) is 20.9 Å². The number of fused-ring (bicyclic) bond motifs is 1. The summed E-state index contributed by atoms with van der Waals surface area (Å²) in [6.45, 7) is 0. The van der Waals surface area contributed by atoms with E-state index in [1.54, 1.807) is 0 Å². The van der Waals surface area contributed by atoms with Crippen LogP contribution in [-0.2, 0) is 14.6 Å². The molecule has 1 aliphatic heterocycles. The normalized spacial score (nSPS) is 18.5. The van der Waals surface area contributed by atoms with Gasteiger partial charge >= 0.3 is 11.9 Å². The molecule has 2 heterocycles. The maximum atomic E-state index is 12.0. The lowest BCUT2D eigenvalue weighted by Gasteiger charge is -2.18. The Morgan fingerprint density at radius 1 is 0.900 bits per heavy atom. The predicted molar refractivity (Wildman–Crippen MR) is 93.7 cm³/mol. The Hall–Kier alpha value is 0.910. The number of thioether (sulfide) groups is 1. The molecule has 20 heavy (non-hydrogen) atoms. The second-order valence-corrected chi connectivity index (χ2v) is 15.1. The van der Waals surface area contributed by atoms with Gasteiger partial charge in [0, 0.05) is 11.1 Å². The van der Waals surface area contributed by atoms with Gasteiger partial charge in [0.15, 0.2) is 5.13 Å². The molecule has 0 saturated heterocycles. The molecule has 0 fully saturated rings. The predicted octanol–water partition coefficient (Wildman–Crippen LogP) is 4.87. The summed E-state index contributed by atoms with van der Waals surface area (Å²) in [5, 5.41) is 0. The average molecular weight is 574 g/mol. The number of thiophene rings is 1. The topological polar surface area (TPSA) is 52.6 Å². The third kappa shape index (κ3) is 2.76. The minimum atomic E-state index is -0.714. The summed E-state index contributed by atoms with van der Waals surface area (Å²) < 4.78 is 8.15. The lowest BCUT2D eigenvalue weighted by Crippen LogP contribution is -2.07. The van der Waals surface area contributed by atoms with Crippen molar-refractivity contribution in [2.24, 2.45) is 0 Å². The number of halogens is 4. The van der Waals surface area contributed by atoms with Gasteiger partial charge in [-0.3, -0.25) is 0 Å². The molecule has 1 aromatic rings. The molecule has 0 amide bonds. The maximum Gasteiger partial charge on any atom is 0.348 e. The largest absolute Gasteiger partial charge is 0.465 e. The van der Waals surface area contributed by atoms with Gasteiger partial charge in [-0.05, 0) is 0 Å². The Bertz CT molecular complexity index is 548. The van der Waals surface area contributed by atoms with E-state index in [1.807, 2.05) is 0 Å². The fourth-order valence-corrected chi connectivity index (χ4v) is 11.7. The molecule has 1 aromatic heterocycles. The van der Waals surface area contributed by atoms with E-state index in [9.17, 15) is 9.59 Å². The quantitative estimate of drug-likeness (QED) is 0.373. The van der Waals surface area contributed by atoms with Crippen molar-refractivity contribution in [1.82, 2.24) is 0 Å². The molecule has 0 radical (unpaired) electrons. The van der Waals surface area contributed by atoms with Crippen molar-refractivity contribution < 1.29 is 19.1 Å². The SMILES string of the molecule is COC(=O)c1sc(C(=O)OC)c2c1C(Br)(Br)SC2(Br)Br. The molecular formula is C10H6Br4O4S2. The second kappa shape index (κ2) is 5.84. The smallest absolute Gasteiger partial charge is 0.348 e. The van der Waals surface area contributed by atoms with Crippen molar-refractivity contribution in [3.8, 4) is 0 Å². The Labute approximate surface area is 156 Å². The number of hydrogen-bond donors (Lipinski definition) is 0. The number of methoxy groups -OCH3 is 2. The van der Waals surface area contributed by atoms with Crippen LogP contribution < -0.4 is 0 Å². The van der Waals surface area contributed by atoms with Crippen molar-refractivity contribution in [3.63, 3.8) is 0 Å². The van der Waals surface area contributed by atoms with Gasteiger partial charge in [0.05, 0.1) is 14.2 Å². The molecule has 0 unspecified atom stereocenters. The number of ether oxygens (including phenoxy) is 2. The van der Waals surface area contributed by atoms with Crippen LogP contribution in [-0.4, -0.2) is 26.2 Å². The number of esters is 2. The minimum absolute atomic E-state index is 0.352. The fourth-order valence-electron chi connectivity index (χ4n) is 1.72. The summed E-state index contributed by atoms with van der Waals surface area (Å²) in [5.74, 6) is -0.994.